The van der Waals surface area contributed by atoms with Gasteiger partial charge in [-0.15, -0.1) is 0 Å². The Morgan fingerprint density at radius 1 is 0.526 bits per heavy atom. The van der Waals surface area contributed by atoms with E-state index in [0.717, 1.165) is 65.3 Å². The summed E-state index contributed by atoms with van der Waals surface area (Å²) in [6.07, 6.45) is 11.5. The Balaban J connectivity index is 0. The van der Waals surface area contributed by atoms with Crippen molar-refractivity contribution >= 4 is 0 Å². The monoisotopic (exact) mass is 539 g/mol. The average Bonchev–Trinajstić information content (AvgIpc) is 2.84. The molecule has 1 aliphatic carbocycles. The summed E-state index contributed by atoms with van der Waals surface area (Å²) in [6, 6.07) is 1.52. The van der Waals surface area contributed by atoms with Gasteiger partial charge in [-0.2, -0.15) is 0 Å². The van der Waals surface area contributed by atoms with Gasteiger partial charge in [0.25, 0.3) is 0 Å². The number of piperidine rings is 2. The first-order valence-electron chi connectivity index (χ1n) is 16.3. The first-order chi connectivity index (χ1) is 16.8. The molecule has 2 heterocycles. The van der Waals surface area contributed by atoms with Crippen molar-refractivity contribution in [3.8, 4) is 0 Å². The van der Waals surface area contributed by atoms with Gasteiger partial charge < -0.3 is 10.2 Å². The Hall–Kier alpha value is -0.0800. The van der Waals surface area contributed by atoms with E-state index in [-0.39, 0.29) is 14.9 Å². The van der Waals surface area contributed by atoms with Crippen LogP contribution in [0.2, 0.25) is 0 Å². The number of hydrogen-bond donors (Lipinski definition) is 1. The van der Waals surface area contributed by atoms with E-state index in [1.165, 1.54) is 71.0 Å². The van der Waals surface area contributed by atoms with Crippen molar-refractivity contribution < 1.29 is 0 Å². The maximum Gasteiger partial charge on any atom is 0.00928 e. The molecule has 0 aromatic heterocycles. The van der Waals surface area contributed by atoms with Crippen LogP contribution in [0.15, 0.2) is 0 Å². The lowest BCUT2D eigenvalue weighted by molar-refractivity contribution is 0.129. The third-order valence-corrected chi connectivity index (χ3v) is 10.1. The fraction of sp³-hybridized carbons (Fsp3) is 1.00. The molecule has 2 saturated heterocycles. The zero-order valence-electron chi connectivity index (χ0n) is 27.1. The van der Waals surface area contributed by atoms with Crippen LogP contribution in [0, 0.1) is 53.3 Å². The third kappa shape index (κ3) is 14.5. The highest BCUT2D eigenvalue weighted by atomic mass is 15.1. The second-order valence-corrected chi connectivity index (χ2v) is 14.6. The van der Waals surface area contributed by atoms with Crippen LogP contribution in [0.25, 0.3) is 0 Å². The van der Waals surface area contributed by atoms with Crippen LogP contribution in [-0.2, 0) is 0 Å². The molecule has 0 spiro atoms. The van der Waals surface area contributed by atoms with Crippen molar-refractivity contribution in [2.45, 2.75) is 161 Å². The zero-order valence-corrected chi connectivity index (χ0v) is 27.1. The fourth-order valence-electron chi connectivity index (χ4n) is 7.04. The molecule has 3 fully saturated rings. The van der Waals surface area contributed by atoms with Gasteiger partial charge >= 0.3 is 0 Å². The average molecular weight is 539 g/mol. The SMILES string of the molecule is C.C.CC(C)C1CCCCC1C(C)C.CC(C)C1CCN(C(C)C)CC1.CC(C)C1CCNC(C(C)C)C1. The van der Waals surface area contributed by atoms with Crippen LogP contribution in [0.5, 0.6) is 0 Å². The molecule has 0 amide bonds. The summed E-state index contributed by atoms with van der Waals surface area (Å²) in [7, 11) is 0. The molecule has 2 nitrogen and oxygen atoms in total. The molecular weight excluding hydrogens is 460 g/mol. The maximum atomic E-state index is 3.60. The Morgan fingerprint density at radius 3 is 1.32 bits per heavy atom. The van der Waals surface area contributed by atoms with Crippen molar-refractivity contribution in [1.29, 1.82) is 0 Å². The van der Waals surface area contributed by atoms with E-state index in [1.807, 2.05) is 0 Å². The summed E-state index contributed by atoms with van der Waals surface area (Å²) in [5.41, 5.74) is 0. The molecule has 0 radical (unpaired) electrons. The molecule has 3 aliphatic rings. The van der Waals surface area contributed by atoms with Gasteiger partial charge in [0.15, 0.2) is 0 Å². The van der Waals surface area contributed by atoms with Crippen LogP contribution in [0.4, 0.5) is 0 Å². The lowest BCUT2D eigenvalue weighted by atomic mass is 9.69. The molecule has 232 valence electrons. The molecular formula is C36H78N2. The molecule has 38 heavy (non-hydrogen) atoms. The Kier molecular flexibility index (Phi) is 21.9. The maximum absolute atomic E-state index is 3.60. The van der Waals surface area contributed by atoms with Gasteiger partial charge in [-0.25, -0.2) is 0 Å². The smallest absolute Gasteiger partial charge is 0.00928 e. The summed E-state index contributed by atoms with van der Waals surface area (Å²) in [6.45, 7) is 32.1. The third-order valence-electron chi connectivity index (χ3n) is 10.1. The lowest BCUT2D eigenvalue weighted by Gasteiger charge is -2.37. The summed E-state index contributed by atoms with van der Waals surface area (Å²) < 4.78 is 0. The van der Waals surface area contributed by atoms with Crippen molar-refractivity contribution in [1.82, 2.24) is 10.2 Å². The van der Waals surface area contributed by atoms with E-state index >= 15 is 0 Å². The lowest BCUT2D eigenvalue weighted by Crippen LogP contribution is -2.42. The highest BCUT2D eigenvalue weighted by Gasteiger charge is 2.29. The van der Waals surface area contributed by atoms with Crippen LogP contribution in [-0.4, -0.2) is 36.6 Å². The van der Waals surface area contributed by atoms with Crippen LogP contribution < -0.4 is 5.32 Å². The largest absolute Gasteiger partial charge is 0.314 e. The van der Waals surface area contributed by atoms with Crippen molar-refractivity contribution in [3.05, 3.63) is 0 Å². The predicted molar refractivity (Wildman–Crippen MR) is 177 cm³/mol. The molecule has 1 N–H and O–H groups in total. The van der Waals surface area contributed by atoms with Gasteiger partial charge in [0.1, 0.15) is 0 Å². The Bertz CT molecular complexity index is 481. The second-order valence-electron chi connectivity index (χ2n) is 14.6. The molecule has 0 bridgehead atoms. The molecule has 4 unspecified atom stereocenters. The van der Waals surface area contributed by atoms with Gasteiger partial charge in [-0.3, -0.25) is 0 Å². The minimum Gasteiger partial charge on any atom is -0.314 e. The Labute approximate surface area is 244 Å². The number of rotatable bonds is 6. The standard InChI is InChI=1S/C12H24.2C11H23N.2CH4/c1-9(2)11-7-5-6-8-12(11)10(3)4;1-9(2)11-5-7-12(8-6-11)10(3)4;1-8(2)10-5-6-12-11(7-10)9(3)4;;/h9-12H,5-8H2,1-4H3;9-11H,5-8H2,1-4H3;8-12H,5-7H2,1-4H3;2*1H4. The quantitative estimate of drug-likeness (QED) is 0.362. The van der Waals surface area contributed by atoms with Crippen molar-refractivity contribution in [2.75, 3.05) is 19.6 Å². The van der Waals surface area contributed by atoms with Gasteiger partial charge in [0.05, 0.1) is 0 Å². The molecule has 0 aromatic carbocycles. The highest BCUT2D eigenvalue weighted by molar-refractivity contribution is 4.82. The summed E-state index contributed by atoms with van der Waals surface area (Å²) in [5, 5.41) is 3.60. The normalized spacial score (nSPS) is 27.0. The summed E-state index contributed by atoms with van der Waals surface area (Å²) in [5.74, 6) is 8.32. The van der Waals surface area contributed by atoms with Gasteiger partial charge in [-0.1, -0.05) is 96.9 Å². The number of nitrogens with zero attached hydrogens (tertiary/aromatic N) is 1. The van der Waals surface area contributed by atoms with Crippen molar-refractivity contribution in [3.63, 3.8) is 0 Å². The molecule has 0 aromatic rings. The van der Waals surface area contributed by atoms with E-state index in [4.69, 9.17) is 0 Å². The molecule has 4 atom stereocenters. The van der Waals surface area contributed by atoms with E-state index in [0.29, 0.717) is 0 Å². The first-order valence-corrected chi connectivity index (χ1v) is 16.3. The molecule has 2 heteroatoms. The van der Waals surface area contributed by atoms with Crippen LogP contribution >= 0.6 is 0 Å². The van der Waals surface area contributed by atoms with Crippen LogP contribution in [0.1, 0.15) is 149 Å². The minimum absolute atomic E-state index is 0. The first kappa shape index (κ1) is 40.1. The number of likely N-dealkylation sites (tertiary alicyclic amines) is 1. The summed E-state index contributed by atoms with van der Waals surface area (Å²) >= 11 is 0. The Morgan fingerprint density at radius 2 is 0.974 bits per heavy atom. The molecule has 2 aliphatic heterocycles. The molecule has 3 rings (SSSR count). The van der Waals surface area contributed by atoms with Crippen molar-refractivity contribution in [2.24, 2.45) is 53.3 Å². The summed E-state index contributed by atoms with van der Waals surface area (Å²) in [4.78, 5) is 2.60. The van der Waals surface area contributed by atoms with Crippen LogP contribution in [0.3, 0.4) is 0 Å². The van der Waals surface area contributed by atoms with E-state index in [2.05, 4.69) is 93.3 Å². The predicted octanol–water partition coefficient (Wildman–Crippen LogP) is 10.8. The second kappa shape index (κ2) is 20.7. The number of hydrogen-bond acceptors (Lipinski definition) is 2. The fourth-order valence-corrected chi connectivity index (χ4v) is 7.04. The van der Waals surface area contributed by atoms with Gasteiger partial charge in [-0.05, 0) is 125 Å². The van der Waals surface area contributed by atoms with E-state index in [1.54, 1.807) is 0 Å². The van der Waals surface area contributed by atoms with Gasteiger partial charge in [0.2, 0.25) is 0 Å². The van der Waals surface area contributed by atoms with E-state index < -0.39 is 0 Å². The molecule has 1 saturated carbocycles. The number of nitrogens with one attached hydrogen (secondary N) is 1. The van der Waals surface area contributed by atoms with E-state index in [9.17, 15) is 0 Å². The minimum atomic E-state index is 0. The zero-order chi connectivity index (χ0) is 27.4. The topological polar surface area (TPSA) is 15.3 Å². The highest BCUT2D eigenvalue weighted by Crippen LogP contribution is 2.39. The van der Waals surface area contributed by atoms with Gasteiger partial charge in [0, 0.05) is 12.1 Å².